The molecule has 0 saturated carbocycles. The highest BCUT2D eigenvalue weighted by Gasteiger charge is 2.25. The van der Waals surface area contributed by atoms with E-state index < -0.39 is 17.7 Å². The molecule has 0 fully saturated rings. The minimum atomic E-state index is -1.38. The largest absolute Gasteiger partial charge is 0.465 e. The van der Waals surface area contributed by atoms with Crippen molar-refractivity contribution in [2.75, 3.05) is 6.61 Å². The molecule has 0 aliphatic heterocycles. The van der Waals surface area contributed by atoms with Gasteiger partial charge < -0.3 is 4.74 Å². The fraction of sp³-hybridized carbons (Fsp3) is 0.214. The van der Waals surface area contributed by atoms with Crippen molar-refractivity contribution in [2.45, 2.75) is 6.92 Å². The molecule has 0 saturated heterocycles. The normalized spacial score (nSPS) is 11.8. The molecule has 1 aromatic carbocycles. The van der Waals surface area contributed by atoms with Crippen LogP contribution < -0.4 is 0 Å². The third-order valence-electron chi connectivity index (χ3n) is 2.18. The van der Waals surface area contributed by atoms with Crippen molar-refractivity contribution in [1.29, 1.82) is 5.26 Å². The predicted octanol–water partition coefficient (Wildman–Crippen LogP) is 1.97. The fourth-order valence-corrected chi connectivity index (χ4v) is 1.30. The van der Waals surface area contributed by atoms with Gasteiger partial charge in [-0.25, -0.2) is 0 Å². The van der Waals surface area contributed by atoms with Gasteiger partial charge in [-0.3, -0.25) is 9.59 Å². The quantitative estimate of drug-likeness (QED) is 0.450. The van der Waals surface area contributed by atoms with Crippen LogP contribution in [0.15, 0.2) is 36.4 Å². The zero-order valence-corrected chi connectivity index (χ0v) is 10.00. The fourth-order valence-electron chi connectivity index (χ4n) is 1.30. The molecule has 0 aromatic heterocycles. The number of rotatable bonds is 5. The van der Waals surface area contributed by atoms with Crippen LogP contribution in [0.4, 0.5) is 0 Å². The molecule has 18 heavy (non-hydrogen) atoms. The number of hydrogen-bond donors (Lipinski definition) is 0. The monoisotopic (exact) mass is 243 g/mol. The van der Waals surface area contributed by atoms with Crippen LogP contribution in [0.5, 0.6) is 0 Å². The molecule has 4 heteroatoms. The minimum Gasteiger partial charge on any atom is -0.465 e. The van der Waals surface area contributed by atoms with Gasteiger partial charge >= 0.3 is 5.97 Å². The lowest BCUT2D eigenvalue weighted by molar-refractivity contribution is -0.148. The van der Waals surface area contributed by atoms with E-state index in [2.05, 4.69) is 4.74 Å². The van der Waals surface area contributed by atoms with Crippen LogP contribution in [0.1, 0.15) is 12.5 Å². The van der Waals surface area contributed by atoms with Crippen LogP contribution in [0, 0.1) is 17.2 Å². The van der Waals surface area contributed by atoms with Gasteiger partial charge in [0.2, 0.25) is 5.92 Å². The SMILES string of the molecule is CCOC(=O)[C@@H](C#N)C(=O)/C=C/c1ccccc1. The Hall–Kier alpha value is -2.41. The van der Waals surface area contributed by atoms with Crippen LogP contribution in [-0.4, -0.2) is 18.4 Å². The first kappa shape index (κ1) is 13.7. The van der Waals surface area contributed by atoms with Crippen molar-refractivity contribution in [1.82, 2.24) is 0 Å². The van der Waals surface area contributed by atoms with Crippen molar-refractivity contribution in [3.63, 3.8) is 0 Å². The first-order chi connectivity index (χ1) is 8.69. The molecular formula is C14H13NO3. The van der Waals surface area contributed by atoms with Crippen LogP contribution in [0.25, 0.3) is 6.08 Å². The Morgan fingerprint density at radius 1 is 1.39 bits per heavy atom. The summed E-state index contributed by atoms with van der Waals surface area (Å²) in [6.07, 6.45) is 2.78. The number of hydrogen-bond acceptors (Lipinski definition) is 4. The molecule has 1 aromatic rings. The number of nitriles is 1. The van der Waals surface area contributed by atoms with Crippen molar-refractivity contribution >= 4 is 17.8 Å². The second kappa shape index (κ2) is 7.02. The van der Waals surface area contributed by atoms with Crippen molar-refractivity contribution in [2.24, 2.45) is 5.92 Å². The molecule has 0 heterocycles. The van der Waals surface area contributed by atoms with Gasteiger partial charge in [0.05, 0.1) is 12.7 Å². The Balaban J connectivity index is 2.72. The third-order valence-corrected chi connectivity index (χ3v) is 2.18. The van der Waals surface area contributed by atoms with E-state index in [-0.39, 0.29) is 6.61 Å². The van der Waals surface area contributed by atoms with Crippen molar-refractivity contribution < 1.29 is 14.3 Å². The van der Waals surface area contributed by atoms with Crippen LogP contribution in [0.3, 0.4) is 0 Å². The van der Waals surface area contributed by atoms with E-state index in [4.69, 9.17) is 5.26 Å². The lowest BCUT2D eigenvalue weighted by Crippen LogP contribution is -2.23. The van der Waals surface area contributed by atoms with Crippen molar-refractivity contribution in [3.8, 4) is 6.07 Å². The topological polar surface area (TPSA) is 67.2 Å². The summed E-state index contributed by atoms with van der Waals surface area (Å²) in [6.45, 7) is 1.77. The maximum Gasteiger partial charge on any atom is 0.331 e. The van der Waals surface area contributed by atoms with Gasteiger partial charge in [-0.05, 0) is 18.6 Å². The van der Waals surface area contributed by atoms with Gasteiger partial charge in [-0.15, -0.1) is 0 Å². The average molecular weight is 243 g/mol. The molecule has 0 aliphatic rings. The Labute approximate surface area is 105 Å². The Bertz CT molecular complexity index is 486. The van der Waals surface area contributed by atoms with Gasteiger partial charge in [-0.2, -0.15) is 5.26 Å². The van der Waals surface area contributed by atoms with E-state index in [0.717, 1.165) is 5.56 Å². The number of carbonyl (C=O) groups is 2. The lowest BCUT2D eigenvalue weighted by Gasteiger charge is -2.04. The van der Waals surface area contributed by atoms with E-state index >= 15 is 0 Å². The molecule has 0 N–H and O–H groups in total. The number of allylic oxidation sites excluding steroid dienone is 1. The molecule has 0 amide bonds. The molecule has 92 valence electrons. The minimum absolute atomic E-state index is 0.146. The van der Waals surface area contributed by atoms with E-state index in [1.807, 2.05) is 30.3 Å². The second-order valence-corrected chi connectivity index (χ2v) is 3.46. The average Bonchev–Trinajstić information content (AvgIpc) is 2.39. The molecule has 4 nitrogen and oxygen atoms in total. The van der Waals surface area contributed by atoms with Gasteiger partial charge in [0.15, 0.2) is 5.78 Å². The number of carbonyl (C=O) groups excluding carboxylic acids is 2. The molecule has 0 unspecified atom stereocenters. The highest BCUT2D eigenvalue weighted by molar-refractivity contribution is 6.08. The van der Waals surface area contributed by atoms with Crippen molar-refractivity contribution in [3.05, 3.63) is 42.0 Å². The molecule has 0 radical (unpaired) electrons. The molecule has 0 bridgehead atoms. The smallest absolute Gasteiger partial charge is 0.331 e. The summed E-state index contributed by atoms with van der Waals surface area (Å²) < 4.78 is 4.65. The Kier molecular flexibility index (Phi) is 5.33. The second-order valence-electron chi connectivity index (χ2n) is 3.46. The van der Waals surface area contributed by atoms with Crippen LogP contribution in [0.2, 0.25) is 0 Å². The number of nitrogens with zero attached hydrogens (tertiary/aromatic N) is 1. The number of ketones is 1. The van der Waals surface area contributed by atoms with E-state index in [1.165, 1.54) is 6.08 Å². The number of benzene rings is 1. The molecule has 0 aliphatic carbocycles. The van der Waals surface area contributed by atoms with Gasteiger partial charge in [0.1, 0.15) is 0 Å². The zero-order valence-electron chi connectivity index (χ0n) is 10.00. The summed E-state index contributed by atoms with van der Waals surface area (Å²) in [7, 11) is 0. The molecule has 0 spiro atoms. The standard InChI is InChI=1S/C14H13NO3/c1-2-18-14(17)12(10-15)13(16)9-8-11-6-4-3-5-7-11/h3-9,12H,2H2,1H3/b9-8+/t12-/m0/s1. The Morgan fingerprint density at radius 3 is 2.61 bits per heavy atom. The zero-order chi connectivity index (χ0) is 13.4. The van der Waals surface area contributed by atoms with Gasteiger partial charge in [0.25, 0.3) is 0 Å². The van der Waals surface area contributed by atoms with Crippen LogP contribution in [-0.2, 0) is 14.3 Å². The summed E-state index contributed by atoms with van der Waals surface area (Å²) in [6, 6.07) is 10.8. The number of ether oxygens (including phenoxy) is 1. The molecule has 1 atom stereocenters. The summed E-state index contributed by atoms with van der Waals surface area (Å²) in [5.41, 5.74) is 0.825. The van der Waals surface area contributed by atoms with Gasteiger partial charge in [-0.1, -0.05) is 36.4 Å². The molecular weight excluding hydrogens is 230 g/mol. The summed E-state index contributed by atoms with van der Waals surface area (Å²) in [4.78, 5) is 23.0. The first-order valence-corrected chi connectivity index (χ1v) is 5.52. The third kappa shape index (κ3) is 3.87. The van der Waals surface area contributed by atoms with Crippen LogP contribution >= 0.6 is 0 Å². The van der Waals surface area contributed by atoms with E-state index in [1.54, 1.807) is 19.1 Å². The lowest BCUT2D eigenvalue weighted by atomic mass is 10.0. The maximum atomic E-state index is 11.7. The predicted molar refractivity (Wildman–Crippen MR) is 66.2 cm³/mol. The Morgan fingerprint density at radius 2 is 2.06 bits per heavy atom. The summed E-state index contributed by atoms with van der Waals surface area (Å²) in [5, 5.41) is 8.79. The van der Waals surface area contributed by atoms with E-state index in [0.29, 0.717) is 0 Å². The van der Waals surface area contributed by atoms with Gasteiger partial charge in [0, 0.05) is 0 Å². The first-order valence-electron chi connectivity index (χ1n) is 5.52. The maximum absolute atomic E-state index is 11.7. The molecule has 1 rings (SSSR count). The summed E-state index contributed by atoms with van der Waals surface area (Å²) in [5.74, 6) is -2.76. The summed E-state index contributed by atoms with van der Waals surface area (Å²) >= 11 is 0. The number of esters is 1. The highest BCUT2D eigenvalue weighted by atomic mass is 16.5. The van der Waals surface area contributed by atoms with E-state index in [9.17, 15) is 9.59 Å². The highest BCUT2D eigenvalue weighted by Crippen LogP contribution is 2.06.